The number of methoxy groups -OCH3 is 1. The number of likely N-dealkylation sites (N-methyl/N-ethyl adjacent to an activating group) is 1. The number of benzene rings is 1. The predicted octanol–water partition coefficient (Wildman–Crippen LogP) is 3.75. The summed E-state index contributed by atoms with van der Waals surface area (Å²) in [5.41, 5.74) is 0.395. The lowest BCUT2D eigenvalue weighted by Gasteiger charge is -2.30. The first-order chi connectivity index (χ1) is 13.7. The van der Waals surface area contributed by atoms with E-state index in [1.165, 1.54) is 12.0 Å². The van der Waals surface area contributed by atoms with Gasteiger partial charge in [0.1, 0.15) is 17.5 Å². The summed E-state index contributed by atoms with van der Waals surface area (Å²) in [6, 6.07) is 4.35. The number of anilines is 1. The topological polar surface area (TPSA) is 67.9 Å². The normalized spacial score (nSPS) is 25.1. The standard InChI is InChI=1S/C20H25F3N2O4/c1-25-16(8-10-18(25)26)19(27)24-15-11-14(7-9-17(15)28-2)29-13-5-3-12(4-6-13)20(21,22)23/h7,9,11-13,16H,3-6,8,10H2,1-2H3,(H,24,27)/t12-,13-,16-/m1/s1. The molecule has 1 saturated carbocycles. The predicted molar refractivity (Wildman–Crippen MR) is 99.8 cm³/mol. The summed E-state index contributed by atoms with van der Waals surface area (Å²) >= 11 is 0. The molecule has 1 aromatic carbocycles. The molecule has 6 nitrogen and oxygen atoms in total. The fraction of sp³-hybridized carbons (Fsp3) is 0.600. The highest BCUT2D eigenvalue weighted by atomic mass is 19.4. The Bertz CT molecular complexity index is 761. The maximum Gasteiger partial charge on any atom is 0.391 e. The second kappa shape index (κ2) is 8.51. The molecule has 2 aliphatic rings. The molecule has 1 atom stereocenters. The minimum atomic E-state index is -4.16. The van der Waals surface area contributed by atoms with Crippen LogP contribution in [0.1, 0.15) is 38.5 Å². The summed E-state index contributed by atoms with van der Waals surface area (Å²) in [6.45, 7) is 0. The fourth-order valence-corrected chi connectivity index (χ4v) is 3.89. The third-order valence-corrected chi connectivity index (χ3v) is 5.66. The van der Waals surface area contributed by atoms with E-state index in [9.17, 15) is 22.8 Å². The van der Waals surface area contributed by atoms with E-state index in [2.05, 4.69) is 5.32 Å². The lowest BCUT2D eigenvalue weighted by molar-refractivity contribution is -0.185. The Morgan fingerprint density at radius 3 is 2.41 bits per heavy atom. The highest BCUT2D eigenvalue weighted by Crippen LogP contribution is 2.39. The molecule has 1 aliphatic carbocycles. The quantitative estimate of drug-likeness (QED) is 0.797. The molecule has 0 radical (unpaired) electrons. The smallest absolute Gasteiger partial charge is 0.391 e. The van der Waals surface area contributed by atoms with E-state index in [4.69, 9.17) is 9.47 Å². The van der Waals surface area contributed by atoms with Crippen molar-refractivity contribution in [3.8, 4) is 11.5 Å². The fourth-order valence-electron chi connectivity index (χ4n) is 3.89. The van der Waals surface area contributed by atoms with Crippen LogP contribution in [0.2, 0.25) is 0 Å². The summed E-state index contributed by atoms with van der Waals surface area (Å²) in [7, 11) is 3.06. The van der Waals surface area contributed by atoms with Crippen LogP contribution in [-0.4, -0.2) is 49.2 Å². The second-order valence-corrected chi connectivity index (χ2v) is 7.54. The molecule has 1 N–H and O–H groups in total. The van der Waals surface area contributed by atoms with Gasteiger partial charge < -0.3 is 19.7 Å². The van der Waals surface area contributed by atoms with Gasteiger partial charge in [0.05, 0.1) is 24.8 Å². The molecule has 0 bridgehead atoms. The Morgan fingerprint density at radius 2 is 1.86 bits per heavy atom. The molecule has 1 aromatic rings. The summed E-state index contributed by atoms with van der Waals surface area (Å²) in [6.07, 6.45) is -2.93. The van der Waals surface area contributed by atoms with Crippen LogP contribution in [0, 0.1) is 5.92 Å². The molecule has 2 fully saturated rings. The van der Waals surface area contributed by atoms with E-state index in [0.717, 1.165) is 0 Å². The molecule has 1 heterocycles. The largest absolute Gasteiger partial charge is 0.495 e. The van der Waals surface area contributed by atoms with E-state index < -0.39 is 18.1 Å². The first-order valence-electron chi connectivity index (χ1n) is 9.67. The summed E-state index contributed by atoms with van der Waals surface area (Å²) < 4.78 is 49.6. The summed E-state index contributed by atoms with van der Waals surface area (Å²) in [4.78, 5) is 25.6. The average Bonchev–Trinajstić information content (AvgIpc) is 3.00. The molecule has 3 rings (SSSR count). The number of alkyl halides is 3. The van der Waals surface area contributed by atoms with Crippen LogP contribution in [0.4, 0.5) is 18.9 Å². The Labute approximate surface area is 167 Å². The van der Waals surface area contributed by atoms with Crippen molar-refractivity contribution in [3.05, 3.63) is 18.2 Å². The maximum atomic E-state index is 12.8. The monoisotopic (exact) mass is 414 g/mol. The number of halogens is 3. The highest BCUT2D eigenvalue weighted by molar-refractivity contribution is 5.99. The molecule has 1 saturated heterocycles. The Balaban J connectivity index is 1.65. The molecular weight excluding hydrogens is 389 g/mol. The van der Waals surface area contributed by atoms with Crippen LogP contribution in [0.15, 0.2) is 18.2 Å². The van der Waals surface area contributed by atoms with E-state index in [1.807, 2.05) is 0 Å². The van der Waals surface area contributed by atoms with Crippen molar-refractivity contribution in [2.45, 2.75) is 56.8 Å². The first kappa shape index (κ1) is 21.3. The van der Waals surface area contributed by atoms with Crippen LogP contribution in [0.25, 0.3) is 0 Å². The van der Waals surface area contributed by atoms with Gasteiger partial charge in [-0.15, -0.1) is 0 Å². The second-order valence-electron chi connectivity index (χ2n) is 7.54. The van der Waals surface area contributed by atoms with Crippen LogP contribution < -0.4 is 14.8 Å². The summed E-state index contributed by atoms with van der Waals surface area (Å²) in [5.74, 6) is -0.784. The van der Waals surface area contributed by atoms with Crippen LogP contribution in [0.3, 0.4) is 0 Å². The molecule has 2 amide bonds. The Morgan fingerprint density at radius 1 is 1.17 bits per heavy atom. The van der Waals surface area contributed by atoms with Gasteiger partial charge in [-0.3, -0.25) is 9.59 Å². The van der Waals surface area contributed by atoms with Gasteiger partial charge in [0.2, 0.25) is 11.8 Å². The molecule has 0 spiro atoms. The van der Waals surface area contributed by atoms with E-state index in [0.29, 0.717) is 42.9 Å². The molecule has 1 aliphatic heterocycles. The van der Waals surface area contributed by atoms with Crippen molar-refractivity contribution in [2.75, 3.05) is 19.5 Å². The highest BCUT2D eigenvalue weighted by Gasteiger charge is 2.41. The SMILES string of the molecule is COc1ccc(O[C@H]2CC[C@H](C(F)(F)F)CC2)cc1NC(=O)[C@H]1CCC(=O)N1C. The molecule has 0 unspecified atom stereocenters. The van der Waals surface area contributed by atoms with Crippen LogP contribution in [-0.2, 0) is 9.59 Å². The lowest BCUT2D eigenvalue weighted by atomic mass is 9.87. The molecule has 160 valence electrons. The van der Waals surface area contributed by atoms with Gasteiger partial charge in [-0.1, -0.05) is 0 Å². The van der Waals surface area contributed by atoms with Gasteiger partial charge >= 0.3 is 6.18 Å². The van der Waals surface area contributed by atoms with Crippen molar-refractivity contribution in [1.29, 1.82) is 0 Å². The van der Waals surface area contributed by atoms with E-state index in [-0.39, 0.29) is 30.8 Å². The average molecular weight is 414 g/mol. The van der Waals surface area contributed by atoms with Gasteiger partial charge in [-0.2, -0.15) is 13.2 Å². The number of hydrogen-bond acceptors (Lipinski definition) is 4. The number of nitrogens with zero attached hydrogens (tertiary/aromatic N) is 1. The van der Waals surface area contributed by atoms with Crippen LogP contribution in [0.5, 0.6) is 11.5 Å². The third-order valence-electron chi connectivity index (χ3n) is 5.66. The van der Waals surface area contributed by atoms with Crippen molar-refractivity contribution < 1.29 is 32.2 Å². The minimum absolute atomic E-state index is 0.0515. The van der Waals surface area contributed by atoms with Gasteiger partial charge in [0.25, 0.3) is 0 Å². The maximum absolute atomic E-state index is 12.8. The Kier molecular flexibility index (Phi) is 6.24. The lowest BCUT2D eigenvalue weighted by Crippen LogP contribution is -2.38. The van der Waals surface area contributed by atoms with Gasteiger partial charge in [0.15, 0.2) is 0 Å². The van der Waals surface area contributed by atoms with Gasteiger partial charge in [-0.25, -0.2) is 0 Å². The zero-order valence-corrected chi connectivity index (χ0v) is 16.4. The van der Waals surface area contributed by atoms with Crippen molar-refractivity contribution in [1.82, 2.24) is 4.90 Å². The van der Waals surface area contributed by atoms with Crippen molar-refractivity contribution >= 4 is 17.5 Å². The molecule has 29 heavy (non-hydrogen) atoms. The van der Waals surface area contributed by atoms with Gasteiger partial charge in [0, 0.05) is 19.5 Å². The zero-order valence-electron chi connectivity index (χ0n) is 16.4. The minimum Gasteiger partial charge on any atom is -0.495 e. The zero-order chi connectivity index (χ0) is 21.2. The van der Waals surface area contributed by atoms with Crippen molar-refractivity contribution in [2.24, 2.45) is 5.92 Å². The van der Waals surface area contributed by atoms with E-state index >= 15 is 0 Å². The molecular formula is C20H25F3N2O4. The number of nitrogens with one attached hydrogen (secondary N) is 1. The number of amides is 2. The number of hydrogen-bond donors (Lipinski definition) is 1. The third kappa shape index (κ3) is 4.94. The molecule has 9 heteroatoms. The number of carbonyl (C=O) groups excluding carboxylic acids is 2. The first-order valence-corrected chi connectivity index (χ1v) is 9.67. The van der Waals surface area contributed by atoms with E-state index in [1.54, 1.807) is 25.2 Å². The van der Waals surface area contributed by atoms with Crippen molar-refractivity contribution in [3.63, 3.8) is 0 Å². The summed E-state index contributed by atoms with van der Waals surface area (Å²) in [5, 5.41) is 2.77. The number of ether oxygens (including phenoxy) is 2. The van der Waals surface area contributed by atoms with Gasteiger partial charge in [-0.05, 0) is 44.2 Å². The van der Waals surface area contributed by atoms with Crippen LogP contribution >= 0.6 is 0 Å². The number of rotatable bonds is 5. The number of likely N-dealkylation sites (tertiary alicyclic amines) is 1. The molecule has 0 aromatic heterocycles. The number of carbonyl (C=O) groups is 2. The Hall–Kier alpha value is -2.45.